The fraction of sp³-hybridized carbons (Fsp3) is 0.167. The molecule has 1 aromatic rings. The summed E-state index contributed by atoms with van der Waals surface area (Å²) in [5.41, 5.74) is 0.715. The summed E-state index contributed by atoms with van der Waals surface area (Å²) in [5, 5.41) is 2.69. The Kier molecular flexibility index (Phi) is 3.99. The molecule has 1 heterocycles. The molecule has 0 unspecified atom stereocenters. The minimum atomic E-state index is 0. The molecule has 0 spiro atoms. The van der Waals surface area contributed by atoms with Gasteiger partial charge >= 0.3 is 0 Å². The van der Waals surface area contributed by atoms with Gasteiger partial charge in [0.1, 0.15) is 6.54 Å². The van der Waals surface area contributed by atoms with Crippen molar-refractivity contribution in [3.63, 3.8) is 0 Å². The molecule has 0 amide bonds. The molecule has 0 aromatic carbocycles. The van der Waals surface area contributed by atoms with Crippen LogP contribution in [0.15, 0.2) is 29.6 Å². The predicted molar refractivity (Wildman–Crippen MR) is 38.8 cm³/mol. The van der Waals surface area contributed by atoms with Gasteiger partial charge in [0.15, 0.2) is 0 Å². The first-order valence-corrected chi connectivity index (χ1v) is 2.62. The van der Waals surface area contributed by atoms with Crippen molar-refractivity contribution >= 4 is 0 Å². The molecule has 10 heavy (non-hydrogen) atoms. The Morgan fingerprint density at radius 1 is 1.50 bits per heavy atom. The van der Waals surface area contributed by atoms with Gasteiger partial charge in [0.2, 0.25) is 0 Å². The van der Waals surface area contributed by atoms with E-state index in [4.69, 9.17) is 0 Å². The molecule has 1 aromatic heterocycles. The number of nitrogens with zero attached hydrogens (tertiary/aromatic N) is 2. The highest BCUT2D eigenvalue weighted by Gasteiger charge is 1.87. The summed E-state index contributed by atoms with van der Waals surface area (Å²) < 4.78 is 0. The highest BCUT2D eigenvalue weighted by molar-refractivity contribution is 5.02. The molecular formula is C6H9N3O. The summed E-state index contributed by atoms with van der Waals surface area (Å²) in [7, 11) is 0. The lowest BCUT2D eigenvalue weighted by atomic mass is 10.4. The van der Waals surface area contributed by atoms with E-state index in [0.29, 0.717) is 5.69 Å². The topological polar surface area (TPSA) is 77.3 Å². The molecule has 1 rings (SSSR count). The first kappa shape index (κ1) is 8.71. The van der Waals surface area contributed by atoms with E-state index in [1.54, 1.807) is 18.3 Å². The van der Waals surface area contributed by atoms with Crippen molar-refractivity contribution in [3.8, 4) is 0 Å². The van der Waals surface area contributed by atoms with E-state index in [2.05, 4.69) is 10.2 Å². The Morgan fingerprint density at radius 2 is 2.30 bits per heavy atom. The number of hydrogen-bond acceptors (Lipinski definition) is 4. The Balaban J connectivity index is 0.000000810. The van der Waals surface area contributed by atoms with Gasteiger partial charge in [0.25, 0.3) is 0 Å². The van der Waals surface area contributed by atoms with Crippen molar-refractivity contribution in [1.29, 1.82) is 0 Å². The number of nitroso groups, excluding NO2 is 1. The zero-order chi connectivity index (χ0) is 6.53. The van der Waals surface area contributed by atoms with Crippen molar-refractivity contribution in [2.45, 2.75) is 6.54 Å². The lowest BCUT2D eigenvalue weighted by molar-refractivity contribution is 0.981. The first-order chi connectivity index (χ1) is 4.43. The summed E-state index contributed by atoms with van der Waals surface area (Å²) in [4.78, 5) is 13.6. The van der Waals surface area contributed by atoms with E-state index in [-0.39, 0.29) is 12.7 Å². The lowest BCUT2D eigenvalue weighted by Gasteiger charge is -1.87. The van der Waals surface area contributed by atoms with Crippen molar-refractivity contribution in [2.75, 3.05) is 0 Å². The van der Waals surface area contributed by atoms with E-state index >= 15 is 0 Å². The zero-order valence-electron chi connectivity index (χ0n) is 5.53. The van der Waals surface area contributed by atoms with Gasteiger partial charge in [-0.25, -0.2) is 0 Å². The first-order valence-electron chi connectivity index (χ1n) is 2.62. The Morgan fingerprint density at radius 3 is 2.80 bits per heavy atom. The Bertz CT molecular complexity index is 187. The average molecular weight is 139 g/mol. The van der Waals surface area contributed by atoms with Gasteiger partial charge in [-0.3, -0.25) is 4.98 Å². The highest BCUT2D eigenvalue weighted by Crippen LogP contribution is 1.93. The van der Waals surface area contributed by atoms with Crippen LogP contribution < -0.4 is 6.15 Å². The fourth-order valence-corrected chi connectivity index (χ4v) is 0.558. The van der Waals surface area contributed by atoms with Gasteiger partial charge in [-0.1, -0.05) is 11.2 Å². The maximum absolute atomic E-state index is 9.68. The molecule has 0 fully saturated rings. The van der Waals surface area contributed by atoms with Gasteiger partial charge in [-0.2, -0.15) is 4.91 Å². The van der Waals surface area contributed by atoms with Crippen LogP contribution >= 0.6 is 0 Å². The van der Waals surface area contributed by atoms with Crippen molar-refractivity contribution in [3.05, 3.63) is 35.0 Å². The Labute approximate surface area is 58.8 Å². The van der Waals surface area contributed by atoms with Crippen LogP contribution in [-0.2, 0) is 6.54 Å². The van der Waals surface area contributed by atoms with E-state index < -0.39 is 0 Å². The lowest BCUT2D eigenvalue weighted by Crippen LogP contribution is -1.82. The molecule has 4 nitrogen and oxygen atoms in total. The molecule has 0 aliphatic rings. The number of aromatic nitrogens is 1. The molecular weight excluding hydrogens is 130 g/mol. The van der Waals surface area contributed by atoms with Gasteiger partial charge in [0, 0.05) is 6.20 Å². The van der Waals surface area contributed by atoms with E-state index in [0.717, 1.165) is 0 Å². The zero-order valence-corrected chi connectivity index (χ0v) is 5.53. The second kappa shape index (κ2) is 4.58. The van der Waals surface area contributed by atoms with Crippen molar-refractivity contribution < 1.29 is 0 Å². The SMILES string of the molecule is N.O=NCc1ccccn1. The summed E-state index contributed by atoms with van der Waals surface area (Å²) in [6, 6.07) is 5.39. The largest absolute Gasteiger partial charge is 0.344 e. The van der Waals surface area contributed by atoms with Crippen LogP contribution in [0.5, 0.6) is 0 Å². The quantitative estimate of drug-likeness (QED) is 0.631. The number of pyridine rings is 1. The molecule has 0 saturated carbocycles. The number of hydrogen-bond donors (Lipinski definition) is 1. The molecule has 0 bridgehead atoms. The average Bonchev–Trinajstić information content (AvgIpc) is 1.91. The van der Waals surface area contributed by atoms with Gasteiger partial charge in [-0.05, 0) is 12.1 Å². The van der Waals surface area contributed by atoms with Crippen LogP contribution in [0.1, 0.15) is 5.69 Å². The summed E-state index contributed by atoms with van der Waals surface area (Å²) in [6.45, 7) is 0.167. The van der Waals surface area contributed by atoms with Gasteiger partial charge in [-0.15, -0.1) is 0 Å². The molecule has 0 atom stereocenters. The second-order valence-corrected chi connectivity index (χ2v) is 1.61. The molecule has 54 valence electrons. The van der Waals surface area contributed by atoms with Crippen LogP contribution in [-0.4, -0.2) is 4.98 Å². The van der Waals surface area contributed by atoms with E-state index in [9.17, 15) is 4.91 Å². The molecule has 0 radical (unpaired) electrons. The molecule has 0 aliphatic carbocycles. The van der Waals surface area contributed by atoms with Crippen LogP contribution in [0, 0.1) is 4.91 Å². The van der Waals surface area contributed by atoms with Crippen molar-refractivity contribution in [2.24, 2.45) is 5.18 Å². The molecule has 3 N–H and O–H groups in total. The third-order valence-corrected chi connectivity index (χ3v) is 0.953. The maximum Gasteiger partial charge on any atom is 0.123 e. The standard InChI is InChI=1S/C6H6N2O.H3N/c9-8-5-6-3-1-2-4-7-6;/h1-4H,5H2;1H3. The van der Waals surface area contributed by atoms with E-state index in [1.165, 1.54) is 0 Å². The number of rotatable bonds is 2. The summed E-state index contributed by atoms with van der Waals surface area (Å²) >= 11 is 0. The van der Waals surface area contributed by atoms with Gasteiger partial charge < -0.3 is 6.15 Å². The smallest absolute Gasteiger partial charge is 0.123 e. The monoisotopic (exact) mass is 139 g/mol. The van der Waals surface area contributed by atoms with Crippen LogP contribution in [0.4, 0.5) is 0 Å². The minimum absolute atomic E-state index is 0. The van der Waals surface area contributed by atoms with Crippen LogP contribution in [0.2, 0.25) is 0 Å². The third kappa shape index (κ3) is 2.32. The predicted octanol–water partition coefficient (Wildman–Crippen LogP) is 1.51. The fourth-order valence-electron chi connectivity index (χ4n) is 0.558. The summed E-state index contributed by atoms with van der Waals surface area (Å²) in [6.07, 6.45) is 1.64. The highest BCUT2D eigenvalue weighted by atomic mass is 16.3. The third-order valence-electron chi connectivity index (χ3n) is 0.953. The van der Waals surface area contributed by atoms with Crippen LogP contribution in [0.3, 0.4) is 0 Å². The molecule has 0 saturated heterocycles. The molecule has 0 aliphatic heterocycles. The molecule has 4 heteroatoms. The second-order valence-electron chi connectivity index (χ2n) is 1.61. The Hall–Kier alpha value is -1.29. The minimum Gasteiger partial charge on any atom is -0.344 e. The van der Waals surface area contributed by atoms with E-state index in [1.807, 2.05) is 6.07 Å². The van der Waals surface area contributed by atoms with Crippen molar-refractivity contribution in [1.82, 2.24) is 11.1 Å². The van der Waals surface area contributed by atoms with Gasteiger partial charge in [0.05, 0.1) is 5.69 Å². The maximum atomic E-state index is 9.68. The normalized spacial score (nSPS) is 8.00. The van der Waals surface area contributed by atoms with Crippen LogP contribution in [0.25, 0.3) is 0 Å². The summed E-state index contributed by atoms with van der Waals surface area (Å²) in [5.74, 6) is 0.